The molecular weight excluding hydrogens is 266 g/mol. The van der Waals surface area contributed by atoms with Crippen molar-refractivity contribution in [3.63, 3.8) is 0 Å². The fourth-order valence-corrected chi connectivity index (χ4v) is 4.72. The molecule has 0 radical (unpaired) electrons. The van der Waals surface area contributed by atoms with Crippen LogP contribution in [0.3, 0.4) is 0 Å². The van der Waals surface area contributed by atoms with Gasteiger partial charge in [-0.15, -0.1) is 0 Å². The van der Waals surface area contributed by atoms with Gasteiger partial charge in [0.15, 0.2) is 0 Å². The summed E-state index contributed by atoms with van der Waals surface area (Å²) in [5.41, 5.74) is 2.89. The first kappa shape index (κ1) is 14.4. The molecule has 20 heavy (non-hydrogen) atoms. The third-order valence-electron chi connectivity index (χ3n) is 4.62. The van der Waals surface area contributed by atoms with Crippen molar-refractivity contribution in [2.75, 3.05) is 18.1 Å². The molecule has 3 atom stereocenters. The highest BCUT2D eigenvalue weighted by molar-refractivity contribution is 7.99. The van der Waals surface area contributed by atoms with E-state index in [1.54, 1.807) is 0 Å². The minimum absolute atomic E-state index is 0.174. The van der Waals surface area contributed by atoms with Crippen molar-refractivity contribution in [3.05, 3.63) is 35.4 Å². The molecule has 3 heteroatoms. The molecule has 2 fully saturated rings. The van der Waals surface area contributed by atoms with Gasteiger partial charge < -0.3 is 10.1 Å². The molecule has 0 aliphatic carbocycles. The Bertz CT molecular complexity index is 439. The van der Waals surface area contributed by atoms with Crippen molar-refractivity contribution in [2.45, 2.75) is 50.8 Å². The van der Waals surface area contributed by atoms with E-state index >= 15 is 0 Å². The van der Waals surface area contributed by atoms with Gasteiger partial charge in [-0.05, 0) is 44.4 Å². The van der Waals surface area contributed by atoms with Crippen LogP contribution in [0, 0.1) is 6.92 Å². The molecule has 2 heterocycles. The average molecular weight is 291 g/mol. The summed E-state index contributed by atoms with van der Waals surface area (Å²) in [5.74, 6) is 2.45. The van der Waals surface area contributed by atoms with Gasteiger partial charge in [0.1, 0.15) is 0 Å². The zero-order valence-corrected chi connectivity index (χ0v) is 13.3. The fraction of sp³-hybridized carbons (Fsp3) is 0.647. The van der Waals surface area contributed by atoms with E-state index in [4.69, 9.17) is 4.74 Å². The van der Waals surface area contributed by atoms with E-state index in [2.05, 4.69) is 43.4 Å². The Balaban J connectivity index is 1.60. The Morgan fingerprint density at radius 2 is 2.15 bits per heavy atom. The second-order valence-electron chi connectivity index (χ2n) is 6.32. The van der Waals surface area contributed by atoms with Crippen LogP contribution in [0.4, 0.5) is 0 Å². The molecule has 0 saturated carbocycles. The smallest absolute Gasteiger partial charge is 0.0795 e. The predicted octanol–water partition coefficient (Wildman–Crippen LogP) is 3.70. The van der Waals surface area contributed by atoms with Crippen molar-refractivity contribution in [3.8, 4) is 0 Å². The number of nitrogens with one attached hydrogen (secondary N) is 1. The highest BCUT2D eigenvalue weighted by atomic mass is 32.2. The largest absolute Gasteiger partial charge is 0.374 e. The van der Waals surface area contributed by atoms with Gasteiger partial charge in [-0.2, -0.15) is 11.8 Å². The van der Waals surface area contributed by atoms with E-state index in [0.717, 1.165) is 13.0 Å². The van der Waals surface area contributed by atoms with Gasteiger partial charge >= 0.3 is 0 Å². The van der Waals surface area contributed by atoms with Crippen molar-refractivity contribution < 1.29 is 4.74 Å². The number of hydrogen-bond donors (Lipinski definition) is 1. The lowest BCUT2D eigenvalue weighted by Crippen LogP contribution is -2.47. The molecule has 2 nitrogen and oxygen atoms in total. The van der Waals surface area contributed by atoms with Gasteiger partial charge in [0.05, 0.1) is 5.60 Å². The molecule has 1 N–H and O–H groups in total. The first-order valence-corrected chi connectivity index (χ1v) is 8.87. The number of thioether (sulfide) groups is 1. The van der Waals surface area contributed by atoms with E-state index in [-0.39, 0.29) is 5.60 Å². The summed E-state index contributed by atoms with van der Waals surface area (Å²) < 4.78 is 6.10. The van der Waals surface area contributed by atoms with Crippen LogP contribution in [-0.2, 0) is 4.74 Å². The molecule has 0 bridgehead atoms. The number of hydrogen-bond acceptors (Lipinski definition) is 3. The van der Waals surface area contributed by atoms with E-state index < -0.39 is 0 Å². The molecule has 1 aromatic rings. The van der Waals surface area contributed by atoms with Crippen LogP contribution in [0.5, 0.6) is 0 Å². The molecule has 0 amide bonds. The maximum atomic E-state index is 6.10. The summed E-state index contributed by atoms with van der Waals surface area (Å²) in [6.45, 7) is 5.33. The van der Waals surface area contributed by atoms with Gasteiger partial charge in [0.25, 0.3) is 0 Å². The topological polar surface area (TPSA) is 21.3 Å². The van der Waals surface area contributed by atoms with Gasteiger partial charge in [-0.25, -0.2) is 0 Å². The molecule has 3 unspecified atom stereocenters. The Hall–Kier alpha value is -0.510. The first-order valence-electron chi connectivity index (χ1n) is 7.71. The molecule has 1 aromatic carbocycles. The van der Waals surface area contributed by atoms with Gasteiger partial charge in [-0.1, -0.05) is 29.8 Å². The van der Waals surface area contributed by atoms with Crippen molar-refractivity contribution in [2.24, 2.45) is 0 Å². The molecule has 110 valence electrons. The Kier molecular flexibility index (Phi) is 4.39. The van der Waals surface area contributed by atoms with Crippen LogP contribution in [0.15, 0.2) is 24.3 Å². The Morgan fingerprint density at radius 3 is 2.85 bits per heavy atom. The summed E-state index contributed by atoms with van der Waals surface area (Å²) in [6, 6.07) is 9.91. The quantitative estimate of drug-likeness (QED) is 0.917. The second kappa shape index (κ2) is 6.08. The minimum atomic E-state index is 0.174. The summed E-state index contributed by atoms with van der Waals surface area (Å²) in [7, 11) is 0. The summed E-state index contributed by atoms with van der Waals surface area (Å²) in [6.07, 6.45) is 3.55. The van der Waals surface area contributed by atoms with Crippen LogP contribution in [0.25, 0.3) is 0 Å². The Labute approximate surface area is 126 Å². The summed E-state index contributed by atoms with van der Waals surface area (Å²) in [5, 5.41) is 3.82. The number of ether oxygens (including phenoxy) is 1. The molecule has 1 spiro atoms. The van der Waals surface area contributed by atoms with E-state index in [1.807, 2.05) is 11.8 Å². The highest BCUT2D eigenvalue weighted by Gasteiger charge is 2.40. The standard InChI is InChI=1S/C17H25NOS/c1-13-3-5-15(6-4-13)14(2)18-16-7-9-19-17(11-16)8-10-20-12-17/h3-6,14,16,18H,7-12H2,1-2H3. The fourth-order valence-electron chi connectivity index (χ4n) is 3.34. The van der Waals surface area contributed by atoms with Crippen molar-refractivity contribution >= 4 is 11.8 Å². The van der Waals surface area contributed by atoms with E-state index in [9.17, 15) is 0 Å². The third kappa shape index (κ3) is 3.21. The maximum Gasteiger partial charge on any atom is 0.0795 e. The molecule has 0 aromatic heterocycles. The molecule has 2 aliphatic heterocycles. The normalized spacial score (nSPS) is 31.6. The number of aryl methyl sites for hydroxylation is 1. The van der Waals surface area contributed by atoms with Crippen LogP contribution in [0.1, 0.15) is 43.4 Å². The monoisotopic (exact) mass is 291 g/mol. The van der Waals surface area contributed by atoms with Gasteiger partial charge in [0, 0.05) is 24.4 Å². The second-order valence-corrected chi connectivity index (χ2v) is 7.43. The molecule has 2 aliphatic rings. The van der Waals surface area contributed by atoms with Crippen LogP contribution in [-0.4, -0.2) is 29.8 Å². The van der Waals surface area contributed by atoms with Crippen LogP contribution in [0.2, 0.25) is 0 Å². The van der Waals surface area contributed by atoms with Crippen LogP contribution >= 0.6 is 11.8 Å². The third-order valence-corrected chi connectivity index (χ3v) is 5.85. The lowest BCUT2D eigenvalue weighted by molar-refractivity contribution is -0.0711. The number of benzene rings is 1. The zero-order valence-electron chi connectivity index (χ0n) is 12.5. The lowest BCUT2D eigenvalue weighted by atomic mass is 9.89. The molecule has 3 rings (SSSR count). The Morgan fingerprint density at radius 1 is 1.35 bits per heavy atom. The minimum Gasteiger partial charge on any atom is -0.374 e. The van der Waals surface area contributed by atoms with Gasteiger partial charge in [0.2, 0.25) is 0 Å². The maximum absolute atomic E-state index is 6.10. The van der Waals surface area contributed by atoms with Crippen molar-refractivity contribution in [1.82, 2.24) is 5.32 Å². The number of rotatable bonds is 3. The molecular formula is C17H25NOS. The summed E-state index contributed by atoms with van der Waals surface area (Å²) in [4.78, 5) is 0. The van der Waals surface area contributed by atoms with Gasteiger partial charge in [-0.3, -0.25) is 0 Å². The predicted molar refractivity (Wildman–Crippen MR) is 86.4 cm³/mol. The van der Waals surface area contributed by atoms with Crippen molar-refractivity contribution in [1.29, 1.82) is 0 Å². The molecule has 2 saturated heterocycles. The summed E-state index contributed by atoms with van der Waals surface area (Å²) >= 11 is 2.05. The van der Waals surface area contributed by atoms with Crippen LogP contribution < -0.4 is 5.32 Å². The first-order chi connectivity index (χ1) is 9.67. The van der Waals surface area contributed by atoms with E-state index in [0.29, 0.717) is 12.1 Å². The SMILES string of the molecule is Cc1ccc(C(C)NC2CCOC3(CCSC3)C2)cc1. The van der Waals surface area contributed by atoms with E-state index in [1.165, 1.54) is 35.5 Å². The highest BCUT2D eigenvalue weighted by Crippen LogP contribution is 2.38. The zero-order chi connectivity index (χ0) is 14.0. The lowest BCUT2D eigenvalue weighted by Gasteiger charge is -2.39. The average Bonchev–Trinajstić information content (AvgIpc) is 2.87.